The molecule has 0 aliphatic carbocycles. The molecule has 0 atom stereocenters. The maximum atomic E-state index is 4.44. The van der Waals surface area contributed by atoms with Gasteiger partial charge in [0.05, 0.1) is 4.88 Å². The van der Waals surface area contributed by atoms with Crippen LogP contribution in [0.1, 0.15) is 11.8 Å². The highest BCUT2D eigenvalue weighted by atomic mass is 32.2. The van der Waals surface area contributed by atoms with Crippen LogP contribution in [0.15, 0.2) is 40.1 Å². The molecule has 0 bridgehead atoms. The fourth-order valence-corrected chi connectivity index (χ4v) is 4.93. The summed E-state index contributed by atoms with van der Waals surface area (Å²) >= 11 is 4.91. The fourth-order valence-electron chi connectivity index (χ4n) is 2.36. The van der Waals surface area contributed by atoms with Gasteiger partial charge in [0.15, 0.2) is 11.0 Å². The Balaban J connectivity index is 1.76. The van der Waals surface area contributed by atoms with Gasteiger partial charge in [-0.2, -0.15) is 0 Å². The van der Waals surface area contributed by atoms with Crippen molar-refractivity contribution in [1.29, 1.82) is 0 Å². The number of thiophene rings is 2. The number of nitrogens with zero attached hydrogens (tertiary/aromatic N) is 5. The summed E-state index contributed by atoms with van der Waals surface area (Å²) in [6, 6.07) is 6.24. The molecule has 4 heterocycles. The van der Waals surface area contributed by atoms with Gasteiger partial charge in [-0.05, 0) is 43.1 Å². The van der Waals surface area contributed by atoms with E-state index in [1.807, 2.05) is 6.07 Å². The van der Waals surface area contributed by atoms with Crippen molar-refractivity contribution in [2.75, 3.05) is 0 Å². The maximum absolute atomic E-state index is 4.44. The van der Waals surface area contributed by atoms with Crippen molar-refractivity contribution in [2.24, 2.45) is 0 Å². The van der Waals surface area contributed by atoms with Crippen LogP contribution in [-0.2, 0) is 6.54 Å². The number of aromatic nitrogens is 5. The number of aryl methyl sites for hydroxylation is 1. The van der Waals surface area contributed by atoms with E-state index in [-0.39, 0.29) is 0 Å². The van der Waals surface area contributed by atoms with Crippen LogP contribution in [0.5, 0.6) is 0 Å². The maximum Gasteiger partial charge on any atom is 0.197 e. The lowest BCUT2D eigenvalue weighted by atomic mass is 10.4. The van der Waals surface area contributed by atoms with E-state index in [0.717, 1.165) is 37.6 Å². The van der Waals surface area contributed by atoms with Crippen LogP contribution < -0.4 is 0 Å². The third kappa shape index (κ3) is 2.66. The van der Waals surface area contributed by atoms with Crippen molar-refractivity contribution in [2.45, 2.75) is 30.6 Å². The van der Waals surface area contributed by atoms with Crippen LogP contribution in [0.4, 0.5) is 0 Å². The van der Waals surface area contributed by atoms with Crippen molar-refractivity contribution in [1.82, 2.24) is 24.7 Å². The van der Waals surface area contributed by atoms with Crippen molar-refractivity contribution in [3.63, 3.8) is 0 Å². The second-order valence-electron chi connectivity index (χ2n) is 4.88. The Morgan fingerprint density at radius 2 is 2.17 bits per heavy atom. The van der Waals surface area contributed by atoms with Gasteiger partial charge in [0.25, 0.3) is 0 Å². The van der Waals surface area contributed by atoms with E-state index in [9.17, 15) is 0 Å². The van der Waals surface area contributed by atoms with E-state index in [4.69, 9.17) is 0 Å². The summed E-state index contributed by atoms with van der Waals surface area (Å²) < 4.78 is 2.13. The molecule has 0 saturated heterocycles. The van der Waals surface area contributed by atoms with E-state index < -0.39 is 0 Å². The molecule has 0 aromatic carbocycles. The van der Waals surface area contributed by atoms with Crippen molar-refractivity contribution in [3.05, 3.63) is 34.8 Å². The molecular formula is C15H13N5S3. The van der Waals surface area contributed by atoms with E-state index in [1.165, 1.54) is 4.88 Å². The molecule has 4 aromatic heterocycles. The lowest BCUT2D eigenvalue weighted by molar-refractivity contribution is 0.687. The van der Waals surface area contributed by atoms with Crippen LogP contribution in [0.3, 0.4) is 0 Å². The van der Waals surface area contributed by atoms with E-state index in [0.29, 0.717) is 0 Å². The van der Waals surface area contributed by atoms with Crippen LogP contribution in [0, 0.1) is 6.92 Å². The summed E-state index contributed by atoms with van der Waals surface area (Å²) in [5.74, 6) is 0.914. The second-order valence-corrected chi connectivity index (χ2v) is 8.02. The van der Waals surface area contributed by atoms with Gasteiger partial charge in [-0.1, -0.05) is 6.07 Å². The van der Waals surface area contributed by atoms with Gasteiger partial charge < -0.3 is 4.57 Å². The highest BCUT2D eigenvalue weighted by Crippen LogP contribution is 2.35. The highest BCUT2D eigenvalue weighted by Gasteiger charge is 2.17. The Labute approximate surface area is 145 Å². The minimum absolute atomic E-state index is 0.819. The second kappa shape index (κ2) is 6.03. The number of rotatable bonds is 4. The first-order valence-electron chi connectivity index (χ1n) is 7.12. The van der Waals surface area contributed by atoms with Gasteiger partial charge in [-0.3, -0.25) is 0 Å². The minimum atomic E-state index is 0.819. The highest BCUT2D eigenvalue weighted by molar-refractivity contribution is 7.99. The molecule has 0 saturated carbocycles. The molecular weight excluding hydrogens is 346 g/mol. The smallest absolute Gasteiger partial charge is 0.197 e. The molecule has 5 nitrogen and oxygen atoms in total. The predicted molar refractivity (Wildman–Crippen MR) is 95.3 cm³/mol. The van der Waals surface area contributed by atoms with Gasteiger partial charge in [0, 0.05) is 16.8 Å². The Kier molecular flexibility index (Phi) is 3.88. The Bertz CT molecular complexity index is 955. The Hall–Kier alpha value is -1.77. The zero-order valence-electron chi connectivity index (χ0n) is 12.6. The van der Waals surface area contributed by atoms with Crippen LogP contribution in [-0.4, -0.2) is 24.7 Å². The zero-order chi connectivity index (χ0) is 15.8. The number of fused-ring (bicyclic) bond motifs is 1. The van der Waals surface area contributed by atoms with Gasteiger partial charge in [-0.25, -0.2) is 9.97 Å². The molecule has 4 aromatic rings. The Morgan fingerprint density at radius 3 is 2.96 bits per heavy atom. The summed E-state index contributed by atoms with van der Waals surface area (Å²) in [6.45, 7) is 5.01. The standard InChI is InChI=1S/C15H13N5S3/c1-3-20-12(11-5-4-6-21-11)18-19-15(20)23-14-10-7-9(2)22-13(10)16-8-17-14/h4-8H,3H2,1-2H3. The summed E-state index contributed by atoms with van der Waals surface area (Å²) in [6.07, 6.45) is 1.62. The van der Waals surface area contributed by atoms with Gasteiger partial charge in [0.1, 0.15) is 16.2 Å². The number of hydrogen-bond acceptors (Lipinski definition) is 7. The molecule has 4 rings (SSSR count). The number of hydrogen-bond donors (Lipinski definition) is 0. The Morgan fingerprint density at radius 1 is 1.26 bits per heavy atom. The molecule has 0 N–H and O–H groups in total. The van der Waals surface area contributed by atoms with Crippen molar-refractivity contribution in [3.8, 4) is 10.7 Å². The summed E-state index contributed by atoms with van der Waals surface area (Å²) in [4.78, 5) is 12.2. The summed E-state index contributed by atoms with van der Waals surface area (Å²) in [7, 11) is 0. The molecule has 116 valence electrons. The lowest BCUT2D eigenvalue weighted by Crippen LogP contribution is -1.99. The molecule has 0 aliphatic heterocycles. The van der Waals surface area contributed by atoms with E-state index in [1.54, 1.807) is 40.8 Å². The van der Waals surface area contributed by atoms with Crippen LogP contribution >= 0.6 is 34.4 Å². The first kappa shape index (κ1) is 14.8. The average Bonchev–Trinajstić information content (AvgIpc) is 3.25. The summed E-state index contributed by atoms with van der Waals surface area (Å²) in [5.41, 5.74) is 0. The summed E-state index contributed by atoms with van der Waals surface area (Å²) in [5, 5.41) is 13.7. The largest absolute Gasteiger partial charge is 0.301 e. The SMILES string of the molecule is CCn1c(Sc2ncnc3sc(C)cc23)nnc1-c1cccs1. The quantitative estimate of drug-likeness (QED) is 0.503. The fraction of sp³-hybridized carbons (Fsp3) is 0.200. The first-order valence-corrected chi connectivity index (χ1v) is 9.63. The lowest BCUT2D eigenvalue weighted by Gasteiger charge is -2.06. The molecule has 0 spiro atoms. The van der Waals surface area contributed by atoms with Gasteiger partial charge >= 0.3 is 0 Å². The molecule has 0 radical (unpaired) electrons. The minimum Gasteiger partial charge on any atom is -0.301 e. The molecule has 23 heavy (non-hydrogen) atoms. The molecule has 0 amide bonds. The first-order chi connectivity index (χ1) is 11.3. The third-order valence-corrected chi connectivity index (χ3v) is 6.21. The van der Waals surface area contributed by atoms with Crippen molar-refractivity contribution >= 4 is 44.7 Å². The molecule has 8 heteroatoms. The van der Waals surface area contributed by atoms with E-state index >= 15 is 0 Å². The normalized spacial score (nSPS) is 11.4. The van der Waals surface area contributed by atoms with Crippen LogP contribution in [0.25, 0.3) is 20.9 Å². The van der Waals surface area contributed by atoms with Gasteiger partial charge in [0.2, 0.25) is 0 Å². The van der Waals surface area contributed by atoms with Gasteiger partial charge in [-0.15, -0.1) is 32.9 Å². The average molecular weight is 360 g/mol. The third-order valence-electron chi connectivity index (χ3n) is 3.38. The molecule has 0 aliphatic rings. The molecule has 0 unspecified atom stereocenters. The monoisotopic (exact) mass is 359 g/mol. The zero-order valence-corrected chi connectivity index (χ0v) is 15.0. The topological polar surface area (TPSA) is 56.5 Å². The van der Waals surface area contributed by atoms with E-state index in [2.05, 4.69) is 56.1 Å². The molecule has 0 fully saturated rings. The van der Waals surface area contributed by atoms with Crippen molar-refractivity contribution < 1.29 is 0 Å². The predicted octanol–water partition coefficient (Wildman–Crippen LogP) is 4.49. The van der Waals surface area contributed by atoms with Crippen LogP contribution in [0.2, 0.25) is 0 Å².